The van der Waals surface area contributed by atoms with Gasteiger partial charge in [0, 0.05) is 0 Å². The molecule has 0 heterocycles. The first-order valence-electron chi connectivity index (χ1n) is 5.08. The number of aliphatic imine (C=N–C) groups is 1. The second kappa shape index (κ2) is 6.63. The van der Waals surface area contributed by atoms with E-state index < -0.39 is 0 Å². The predicted octanol–water partition coefficient (Wildman–Crippen LogP) is 0.478. The van der Waals surface area contributed by atoms with Crippen molar-refractivity contribution in [2.45, 2.75) is 31.7 Å². The van der Waals surface area contributed by atoms with Crippen LogP contribution in [-0.2, 0) is 9.50 Å². The number of hydrogen-bond acceptors (Lipinski definition) is 4. The molecule has 1 rings (SSSR count). The molecule has 0 unspecified atom stereocenters. The fourth-order valence-electron chi connectivity index (χ4n) is 1.90. The molecule has 14 heavy (non-hydrogen) atoms. The molecule has 5 heteroatoms. The van der Waals surface area contributed by atoms with Crippen LogP contribution in [0.3, 0.4) is 0 Å². The molecule has 1 N–H and O–H groups in total. The van der Waals surface area contributed by atoms with Crippen molar-refractivity contribution in [2.75, 3.05) is 13.0 Å². The van der Waals surface area contributed by atoms with Gasteiger partial charge in [-0.3, -0.25) is 0 Å². The van der Waals surface area contributed by atoms with E-state index in [9.17, 15) is 9.50 Å². The quantitative estimate of drug-likeness (QED) is 0.299. The van der Waals surface area contributed by atoms with Gasteiger partial charge in [-0.15, -0.1) is 0 Å². The van der Waals surface area contributed by atoms with Gasteiger partial charge in [0.2, 0.25) is 0 Å². The molecule has 0 bridgehead atoms. The van der Waals surface area contributed by atoms with Gasteiger partial charge >= 0.3 is 83.7 Å². The molecule has 0 saturated heterocycles. The summed E-state index contributed by atoms with van der Waals surface area (Å²) in [5.74, 6) is 0.632. The SMILES string of the molecule is O=BCNCC1CCC(N=C=O)CC1. The van der Waals surface area contributed by atoms with E-state index in [0.717, 1.165) is 39.4 Å². The second-order valence-corrected chi connectivity index (χ2v) is 3.72. The van der Waals surface area contributed by atoms with Gasteiger partial charge < -0.3 is 0 Å². The van der Waals surface area contributed by atoms with Crippen LogP contribution in [0.15, 0.2) is 4.99 Å². The zero-order chi connectivity index (χ0) is 10.2. The standard InChI is InChI=1S/C9H15BN2O2/c13-7-12-9-3-1-8(2-4-9)5-11-6-10-14/h8-9,11H,1-6H2. The van der Waals surface area contributed by atoms with E-state index in [1.165, 1.54) is 0 Å². The summed E-state index contributed by atoms with van der Waals surface area (Å²) < 4.78 is 10.1. The summed E-state index contributed by atoms with van der Waals surface area (Å²) in [6, 6.07) is 0.190. The summed E-state index contributed by atoms with van der Waals surface area (Å²) in [6.07, 6.45) is 6.17. The van der Waals surface area contributed by atoms with Gasteiger partial charge in [-0.25, -0.2) is 0 Å². The van der Waals surface area contributed by atoms with Gasteiger partial charge in [0.25, 0.3) is 0 Å². The summed E-state index contributed by atoms with van der Waals surface area (Å²) >= 11 is 0. The van der Waals surface area contributed by atoms with Crippen molar-refractivity contribution in [1.29, 1.82) is 0 Å². The molecule has 0 aromatic heterocycles. The van der Waals surface area contributed by atoms with E-state index in [1.54, 1.807) is 6.08 Å². The Balaban J connectivity index is 2.15. The third-order valence-corrected chi connectivity index (χ3v) is 2.71. The van der Waals surface area contributed by atoms with E-state index in [1.807, 2.05) is 0 Å². The number of carbonyl (C=O) groups excluding carboxylic acids is 1. The van der Waals surface area contributed by atoms with Crippen LogP contribution in [0.2, 0.25) is 0 Å². The van der Waals surface area contributed by atoms with E-state index >= 15 is 0 Å². The average Bonchev–Trinajstić information content (AvgIpc) is 2.21. The molecule has 1 fully saturated rings. The summed E-state index contributed by atoms with van der Waals surface area (Å²) in [7, 11) is 0.877. The van der Waals surface area contributed by atoms with Crippen molar-refractivity contribution in [3.63, 3.8) is 0 Å². The van der Waals surface area contributed by atoms with Crippen LogP contribution in [0.4, 0.5) is 0 Å². The van der Waals surface area contributed by atoms with Crippen LogP contribution in [0.1, 0.15) is 25.7 Å². The van der Waals surface area contributed by atoms with Crippen LogP contribution < -0.4 is 5.32 Å². The number of rotatable bonds is 5. The van der Waals surface area contributed by atoms with Crippen LogP contribution in [0.5, 0.6) is 0 Å². The summed E-state index contributed by atoms with van der Waals surface area (Å²) in [4.78, 5) is 13.8. The van der Waals surface area contributed by atoms with Gasteiger partial charge in [-0.05, 0) is 0 Å². The average molecular weight is 194 g/mol. The molecule has 4 nitrogen and oxygen atoms in total. The number of nitrogens with one attached hydrogen (secondary N) is 1. The molecule has 1 aliphatic rings. The van der Waals surface area contributed by atoms with Crippen LogP contribution in [0.25, 0.3) is 0 Å². The maximum atomic E-state index is 10.1. The molecule has 0 aromatic rings. The Bertz CT molecular complexity index is 221. The van der Waals surface area contributed by atoms with E-state index in [2.05, 4.69) is 10.3 Å². The Morgan fingerprint density at radius 2 is 2.07 bits per heavy atom. The zero-order valence-electron chi connectivity index (χ0n) is 8.24. The fourth-order valence-corrected chi connectivity index (χ4v) is 1.90. The second-order valence-electron chi connectivity index (χ2n) is 3.72. The Labute approximate surface area is 84.4 Å². The Kier molecular flexibility index (Phi) is 5.34. The molecular formula is C9H15BN2O2. The molecule has 76 valence electrons. The van der Waals surface area contributed by atoms with Crippen molar-refractivity contribution in [1.82, 2.24) is 5.32 Å². The summed E-state index contributed by atoms with van der Waals surface area (Å²) in [5.41, 5.74) is 0. The topological polar surface area (TPSA) is 58.5 Å². The van der Waals surface area contributed by atoms with Crippen molar-refractivity contribution in [2.24, 2.45) is 10.9 Å². The first-order valence-corrected chi connectivity index (χ1v) is 5.08. The minimum atomic E-state index is 0.190. The van der Waals surface area contributed by atoms with E-state index in [-0.39, 0.29) is 6.04 Å². The predicted molar refractivity (Wildman–Crippen MR) is 53.2 cm³/mol. The molecule has 0 radical (unpaired) electrons. The van der Waals surface area contributed by atoms with Gasteiger partial charge in [-0.1, -0.05) is 0 Å². The van der Waals surface area contributed by atoms with Gasteiger partial charge in [0.1, 0.15) is 0 Å². The molecular weight excluding hydrogens is 179 g/mol. The molecule has 0 atom stereocenters. The molecule has 1 aliphatic carbocycles. The Morgan fingerprint density at radius 3 is 2.64 bits per heavy atom. The monoisotopic (exact) mass is 194 g/mol. The van der Waals surface area contributed by atoms with Gasteiger partial charge in [0.05, 0.1) is 0 Å². The molecule has 0 amide bonds. The number of isocyanates is 1. The summed E-state index contributed by atoms with van der Waals surface area (Å²) in [6.45, 7) is 0.899. The summed E-state index contributed by atoms with van der Waals surface area (Å²) in [5, 5.41) is 3.08. The van der Waals surface area contributed by atoms with E-state index in [0.29, 0.717) is 12.4 Å². The number of hydrogen-bond donors (Lipinski definition) is 1. The minimum absolute atomic E-state index is 0.190. The Hall–Kier alpha value is -0.795. The van der Waals surface area contributed by atoms with Crippen molar-refractivity contribution < 1.29 is 9.50 Å². The van der Waals surface area contributed by atoms with Crippen LogP contribution in [-0.4, -0.2) is 32.3 Å². The first kappa shape index (κ1) is 11.3. The third-order valence-electron chi connectivity index (χ3n) is 2.71. The maximum absolute atomic E-state index is 10.1. The van der Waals surface area contributed by atoms with Crippen molar-refractivity contribution in [3.05, 3.63) is 0 Å². The molecule has 1 saturated carbocycles. The third kappa shape index (κ3) is 3.94. The van der Waals surface area contributed by atoms with Gasteiger partial charge in [-0.2, -0.15) is 0 Å². The van der Waals surface area contributed by atoms with Crippen LogP contribution in [0, 0.1) is 5.92 Å². The Morgan fingerprint density at radius 1 is 1.36 bits per heavy atom. The number of nitrogens with zero attached hydrogens (tertiary/aromatic N) is 1. The zero-order valence-corrected chi connectivity index (χ0v) is 8.24. The molecule has 0 aromatic carbocycles. The fraction of sp³-hybridized carbons (Fsp3) is 0.889. The van der Waals surface area contributed by atoms with Crippen molar-refractivity contribution in [3.8, 4) is 0 Å². The first-order chi connectivity index (χ1) is 6.86. The van der Waals surface area contributed by atoms with Gasteiger partial charge in [0.15, 0.2) is 0 Å². The molecule has 0 aliphatic heterocycles. The normalized spacial score (nSPS) is 26.3. The van der Waals surface area contributed by atoms with E-state index in [4.69, 9.17) is 0 Å². The van der Waals surface area contributed by atoms with Crippen LogP contribution >= 0.6 is 0 Å². The van der Waals surface area contributed by atoms with Crippen molar-refractivity contribution >= 4 is 13.2 Å². The molecule has 0 spiro atoms.